The van der Waals surface area contributed by atoms with E-state index >= 15 is 0 Å². The van der Waals surface area contributed by atoms with Crippen LogP contribution in [0.4, 0.5) is 5.69 Å². The molecule has 1 aromatic carbocycles. The Kier molecular flexibility index (Phi) is 4.68. The lowest BCUT2D eigenvalue weighted by atomic mass is 9.82. The summed E-state index contributed by atoms with van der Waals surface area (Å²) in [7, 11) is 0. The van der Waals surface area contributed by atoms with Gasteiger partial charge in [0.1, 0.15) is 0 Å². The van der Waals surface area contributed by atoms with Crippen LogP contribution in [-0.2, 0) is 11.3 Å². The first-order valence-corrected chi connectivity index (χ1v) is 7.49. The van der Waals surface area contributed by atoms with Gasteiger partial charge >= 0.3 is 0 Å². The van der Waals surface area contributed by atoms with Gasteiger partial charge in [-0.3, -0.25) is 0 Å². The van der Waals surface area contributed by atoms with Gasteiger partial charge in [-0.2, -0.15) is 0 Å². The van der Waals surface area contributed by atoms with E-state index in [2.05, 4.69) is 35.8 Å². The number of rotatable bonds is 3. The van der Waals surface area contributed by atoms with E-state index < -0.39 is 0 Å². The van der Waals surface area contributed by atoms with E-state index in [4.69, 9.17) is 10.5 Å². The lowest BCUT2D eigenvalue weighted by Crippen LogP contribution is -2.26. The molecule has 2 rings (SSSR count). The molecule has 1 aliphatic rings. The van der Waals surface area contributed by atoms with Crippen LogP contribution in [0.5, 0.6) is 0 Å². The van der Waals surface area contributed by atoms with Crippen LogP contribution >= 0.6 is 15.9 Å². The molecule has 0 spiro atoms. The van der Waals surface area contributed by atoms with Crippen LogP contribution in [-0.4, -0.2) is 6.10 Å². The van der Waals surface area contributed by atoms with Crippen molar-refractivity contribution in [3.05, 3.63) is 28.2 Å². The summed E-state index contributed by atoms with van der Waals surface area (Å²) >= 11 is 3.41. The van der Waals surface area contributed by atoms with Gasteiger partial charge in [-0.15, -0.1) is 0 Å². The van der Waals surface area contributed by atoms with Gasteiger partial charge in [0.15, 0.2) is 0 Å². The van der Waals surface area contributed by atoms with Crippen molar-refractivity contribution in [1.29, 1.82) is 0 Å². The Morgan fingerprint density at radius 3 is 2.50 bits per heavy atom. The van der Waals surface area contributed by atoms with Crippen molar-refractivity contribution in [2.45, 2.75) is 45.8 Å². The molecule has 2 nitrogen and oxygen atoms in total. The van der Waals surface area contributed by atoms with Crippen molar-refractivity contribution in [3.63, 3.8) is 0 Å². The molecule has 0 heterocycles. The molecule has 0 aromatic heterocycles. The topological polar surface area (TPSA) is 35.2 Å². The van der Waals surface area contributed by atoms with Gasteiger partial charge in [0.2, 0.25) is 0 Å². The summed E-state index contributed by atoms with van der Waals surface area (Å²) in [5, 5.41) is 0. The van der Waals surface area contributed by atoms with E-state index in [1.165, 1.54) is 19.3 Å². The summed E-state index contributed by atoms with van der Waals surface area (Å²) in [6.45, 7) is 5.31. The molecule has 2 unspecified atom stereocenters. The van der Waals surface area contributed by atoms with E-state index in [1.54, 1.807) is 0 Å². The van der Waals surface area contributed by atoms with Crippen molar-refractivity contribution in [2.24, 2.45) is 11.8 Å². The molecule has 1 aliphatic carbocycles. The number of hydrogen-bond donors (Lipinski definition) is 1. The lowest BCUT2D eigenvalue weighted by Gasteiger charge is -2.31. The Labute approximate surface area is 118 Å². The van der Waals surface area contributed by atoms with Gasteiger partial charge in [-0.25, -0.2) is 0 Å². The summed E-state index contributed by atoms with van der Waals surface area (Å²) in [6.07, 6.45) is 4.13. The van der Waals surface area contributed by atoms with Crippen molar-refractivity contribution < 1.29 is 4.74 Å². The highest BCUT2D eigenvalue weighted by molar-refractivity contribution is 9.10. The van der Waals surface area contributed by atoms with Gasteiger partial charge in [-0.05, 0) is 64.7 Å². The number of hydrogen-bond acceptors (Lipinski definition) is 2. The van der Waals surface area contributed by atoms with E-state index in [0.717, 1.165) is 27.6 Å². The van der Waals surface area contributed by atoms with Crippen molar-refractivity contribution in [1.82, 2.24) is 0 Å². The maximum absolute atomic E-state index is 6.03. The minimum absolute atomic E-state index is 0.411. The third-order valence-corrected chi connectivity index (χ3v) is 4.40. The van der Waals surface area contributed by atoms with Crippen molar-refractivity contribution in [3.8, 4) is 0 Å². The Hall–Kier alpha value is -0.540. The smallest absolute Gasteiger partial charge is 0.0721 e. The molecular weight excluding hydrogens is 290 g/mol. The molecule has 100 valence electrons. The van der Waals surface area contributed by atoms with Gasteiger partial charge < -0.3 is 10.5 Å². The molecule has 0 radical (unpaired) electrons. The molecule has 0 saturated heterocycles. The maximum Gasteiger partial charge on any atom is 0.0721 e. The van der Waals surface area contributed by atoms with E-state index in [1.807, 2.05) is 12.1 Å². The fourth-order valence-corrected chi connectivity index (χ4v) is 3.15. The van der Waals surface area contributed by atoms with Crippen LogP contribution < -0.4 is 5.73 Å². The van der Waals surface area contributed by atoms with Crippen LogP contribution in [0.1, 0.15) is 38.7 Å². The lowest BCUT2D eigenvalue weighted by molar-refractivity contribution is -0.00914. The molecule has 0 bridgehead atoms. The van der Waals surface area contributed by atoms with Crippen LogP contribution in [0.25, 0.3) is 0 Å². The Bertz CT molecular complexity index is 397. The summed E-state index contributed by atoms with van der Waals surface area (Å²) in [6, 6.07) is 6.04. The second-order valence-corrected chi connectivity index (χ2v) is 6.56. The second kappa shape index (κ2) is 6.07. The number of ether oxygens (including phenoxy) is 1. The standard InChI is InChI=1S/C15H22BrNO/c1-10-5-11(2)7-13(6-10)18-9-12-3-4-14(16)15(17)8-12/h3-4,8,10-11,13H,5-7,9,17H2,1-2H3. The fraction of sp³-hybridized carbons (Fsp3) is 0.600. The number of anilines is 1. The zero-order valence-corrected chi connectivity index (χ0v) is 12.7. The first kappa shape index (κ1) is 13.9. The SMILES string of the molecule is CC1CC(C)CC(OCc2ccc(Br)c(N)c2)C1. The highest BCUT2D eigenvalue weighted by Gasteiger charge is 2.24. The summed E-state index contributed by atoms with van der Waals surface area (Å²) in [5.74, 6) is 1.57. The van der Waals surface area contributed by atoms with Gasteiger partial charge in [0, 0.05) is 10.2 Å². The van der Waals surface area contributed by atoms with Crippen molar-refractivity contribution >= 4 is 21.6 Å². The number of halogens is 1. The third kappa shape index (κ3) is 3.72. The molecule has 3 heteroatoms. The highest BCUT2D eigenvalue weighted by atomic mass is 79.9. The van der Waals surface area contributed by atoms with E-state index in [9.17, 15) is 0 Å². The monoisotopic (exact) mass is 311 g/mol. The maximum atomic E-state index is 6.03. The second-order valence-electron chi connectivity index (χ2n) is 5.71. The minimum Gasteiger partial charge on any atom is -0.398 e. The average molecular weight is 312 g/mol. The molecule has 0 amide bonds. The van der Waals surface area contributed by atoms with Crippen LogP contribution in [0.2, 0.25) is 0 Å². The van der Waals surface area contributed by atoms with Gasteiger partial charge in [0.25, 0.3) is 0 Å². The molecular formula is C15H22BrNO. The average Bonchev–Trinajstić information content (AvgIpc) is 2.29. The van der Waals surface area contributed by atoms with Crippen LogP contribution in [0.15, 0.2) is 22.7 Å². The molecule has 1 aromatic rings. The summed E-state index contributed by atoms with van der Waals surface area (Å²) in [5.41, 5.74) is 7.80. The highest BCUT2D eigenvalue weighted by Crippen LogP contribution is 2.31. The first-order chi connectivity index (χ1) is 8.54. The normalized spacial score (nSPS) is 28.3. The Morgan fingerprint density at radius 2 is 1.89 bits per heavy atom. The zero-order valence-electron chi connectivity index (χ0n) is 11.2. The summed E-state index contributed by atoms with van der Waals surface area (Å²) < 4.78 is 6.98. The molecule has 1 saturated carbocycles. The fourth-order valence-electron chi connectivity index (χ4n) is 2.91. The first-order valence-electron chi connectivity index (χ1n) is 6.70. The third-order valence-electron chi connectivity index (χ3n) is 3.68. The van der Waals surface area contributed by atoms with E-state index in [0.29, 0.717) is 12.7 Å². The van der Waals surface area contributed by atoms with Crippen LogP contribution in [0.3, 0.4) is 0 Å². The van der Waals surface area contributed by atoms with Gasteiger partial charge in [0.05, 0.1) is 12.7 Å². The minimum atomic E-state index is 0.411. The number of nitrogen functional groups attached to an aromatic ring is 1. The molecule has 18 heavy (non-hydrogen) atoms. The molecule has 2 N–H and O–H groups in total. The number of nitrogens with two attached hydrogens (primary N) is 1. The quantitative estimate of drug-likeness (QED) is 0.841. The Morgan fingerprint density at radius 1 is 1.22 bits per heavy atom. The number of benzene rings is 1. The van der Waals surface area contributed by atoms with Crippen LogP contribution in [0, 0.1) is 11.8 Å². The molecule has 2 atom stereocenters. The van der Waals surface area contributed by atoms with E-state index in [-0.39, 0.29) is 0 Å². The van der Waals surface area contributed by atoms with Crippen molar-refractivity contribution in [2.75, 3.05) is 5.73 Å². The van der Waals surface area contributed by atoms with Gasteiger partial charge in [-0.1, -0.05) is 19.9 Å². The Balaban J connectivity index is 1.89. The molecule has 0 aliphatic heterocycles. The predicted octanol–water partition coefficient (Wildman–Crippen LogP) is 4.37. The predicted molar refractivity (Wildman–Crippen MR) is 79.3 cm³/mol. The molecule has 1 fully saturated rings. The largest absolute Gasteiger partial charge is 0.398 e. The zero-order chi connectivity index (χ0) is 13.1. The summed E-state index contributed by atoms with van der Waals surface area (Å²) in [4.78, 5) is 0.